The van der Waals surface area contributed by atoms with Crippen LogP contribution in [0.25, 0.3) is 11.0 Å². The van der Waals surface area contributed by atoms with Gasteiger partial charge >= 0.3 is 0 Å². The number of para-hydroxylation sites is 2. The van der Waals surface area contributed by atoms with Gasteiger partial charge in [0.15, 0.2) is 5.16 Å². The van der Waals surface area contributed by atoms with Crippen LogP contribution in [0.4, 0.5) is 4.39 Å². The lowest BCUT2D eigenvalue weighted by Crippen LogP contribution is -2.01. The number of rotatable bonds is 5. The van der Waals surface area contributed by atoms with E-state index in [-0.39, 0.29) is 5.82 Å². The Kier molecular flexibility index (Phi) is 4.96. The zero-order chi connectivity index (χ0) is 17.9. The summed E-state index contributed by atoms with van der Waals surface area (Å²) in [6, 6.07) is 22.7. The van der Waals surface area contributed by atoms with Crippen molar-refractivity contribution in [2.45, 2.75) is 17.5 Å². The summed E-state index contributed by atoms with van der Waals surface area (Å²) in [6.07, 6.45) is 0. The molecule has 0 saturated heterocycles. The Balaban J connectivity index is 1.67. The van der Waals surface area contributed by atoms with Gasteiger partial charge in [0, 0.05) is 10.8 Å². The molecule has 0 bridgehead atoms. The third-order valence-corrected chi connectivity index (χ3v) is 5.47. The molecule has 3 aromatic carbocycles. The van der Waals surface area contributed by atoms with Crippen LogP contribution in [0.2, 0.25) is 5.02 Å². The number of nitrogens with zero attached hydrogens (tertiary/aromatic N) is 2. The van der Waals surface area contributed by atoms with Crippen molar-refractivity contribution in [3.63, 3.8) is 0 Å². The molecule has 4 rings (SSSR count). The maximum Gasteiger partial charge on any atom is 0.169 e. The van der Waals surface area contributed by atoms with E-state index in [4.69, 9.17) is 16.6 Å². The van der Waals surface area contributed by atoms with Gasteiger partial charge < -0.3 is 4.57 Å². The number of aromatic nitrogens is 2. The Morgan fingerprint density at radius 2 is 1.65 bits per heavy atom. The molecule has 1 aromatic heterocycles. The van der Waals surface area contributed by atoms with Crippen molar-refractivity contribution in [3.05, 3.63) is 94.8 Å². The monoisotopic (exact) mass is 382 g/mol. The average Bonchev–Trinajstić information content (AvgIpc) is 3.00. The molecule has 26 heavy (non-hydrogen) atoms. The van der Waals surface area contributed by atoms with Crippen LogP contribution < -0.4 is 0 Å². The predicted molar refractivity (Wildman–Crippen MR) is 106 cm³/mol. The highest BCUT2D eigenvalue weighted by atomic mass is 35.5. The van der Waals surface area contributed by atoms with Gasteiger partial charge in [-0.05, 0) is 41.5 Å². The van der Waals surface area contributed by atoms with Gasteiger partial charge in [-0.2, -0.15) is 0 Å². The van der Waals surface area contributed by atoms with E-state index >= 15 is 0 Å². The Labute approximate surface area is 160 Å². The number of imidazole rings is 1. The van der Waals surface area contributed by atoms with Crippen molar-refractivity contribution < 1.29 is 4.39 Å². The van der Waals surface area contributed by atoms with Crippen molar-refractivity contribution in [2.24, 2.45) is 0 Å². The van der Waals surface area contributed by atoms with E-state index in [9.17, 15) is 4.39 Å². The molecule has 2 nitrogen and oxygen atoms in total. The molecule has 130 valence electrons. The second-order valence-electron chi connectivity index (χ2n) is 5.98. The summed E-state index contributed by atoms with van der Waals surface area (Å²) >= 11 is 7.54. The van der Waals surface area contributed by atoms with Gasteiger partial charge in [0.25, 0.3) is 0 Å². The molecule has 0 amide bonds. The first kappa shape index (κ1) is 17.1. The molecule has 1 heterocycles. The summed E-state index contributed by atoms with van der Waals surface area (Å²) in [5.41, 5.74) is 3.84. The summed E-state index contributed by atoms with van der Waals surface area (Å²) in [5, 5.41) is 1.60. The highest BCUT2D eigenvalue weighted by Crippen LogP contribution is 2.28. The van der Waals surface area contributed by atoms with Gasteiger partial charge in [-0.25, -0.2) is 9.37 Å². The average molecular weight is 383 g/mol. The topological polar surface area (TPSA) is 17.8 Å². The van der Waals surface area contributed by atoms with Crippen molar-refractivity contribution in [3.8, 4) is 0 Å². The van der Waals surface area contributed by atoms with E-state index < -0.39 is 0 Å². The SMILES string of the molecule is Fc1ccccc1CSc1nc2ccccc2n1Cc1ccc(Cl)cc1. The number of fused-ring (bicyclic) bond motifs is 1. The van der Waals surface area contributed by atoms with E-state index in [0.29, 0.717) is 17.9 Å². The molecule has 0 atom stereocenters. The second-order valence-corrected chi connectivity index (χ2v) is 7.35. The zero-order valence-electron chi connectivity index (χ0n) is 13.9. The maximum absolute atomic E-state index is 13.9. The molecule has 0 aliphatic rings. The Morgan fingerprint density at radius 3 is 2.46 bits per heavy atom. The molecular formula is C21H16ClFN2S. The van der Waals surface area contributed by atoms with E-state index in [2.05, 4.69) is 10.6 Å². The van der Waals surface area contributed by atoms with Crippen molar-refractivity contribution >= 4 is 34.4 Å². The molecule has 0 aliphatic heterocycles. The Morgan fingerprint density at radius 1 is 0.923 bits per heavy atom. The van der Waals surface area contributed by atoms with Crippen LogP contribution in [0.15, 0.2) is 78.0 Å². The molecule has 0 N–H and O–H groups in total. The first-order chi connectivity index (χ1) is 12.7. The first-order valence-corrected chi connectivity index (χ1v) is 9.63. The van der Waals surface area contributed by atoms with Crippen molar-refractivity contribution in [2.75, 3.05) is 0 Å². The van der Waals surface area contributed by atoms with Crippen LogP contribution >= 0.6 is 23.4 Å². The highest BCUT2D eigenvalue weighted by Gasteiger charge is 2.12. The van der Waals surface area contributed by atoms with Crippen molar-refractivity contribution in [1.82, 2.24) is 9.55 Å². The van der Waals surface area contributed by atoms with Crippen LogP contribution in [-0.4, -0.2) is 9.55 Å². The van der Waals surface area contributed by atoms with E-state index in [1.165, 1.54) is 6.07 Å². The number of thioether (sulfide) groups is 1. The normalized spacial score (nSPS) is 11.2. The Bertz CT molecular complexity index is 1040. The lowest BCUT2D eigenvalue weighted by Gasteiger charge is -2.10. The summed E-state index contributed by atoms with van der Waals surface area (Å²) in [6.45, 7) is 0.692. The van der Waals surface area contributed by atoms with Crippen molar-refractivity contribution in [1.29, 1.82) is 0 Å². The minimum atomic E-state index is -0.180. The molecular weight excluding hydrogens is 367 g/mol. The van der Waals surface area contributed by atoms with Crippen LogP contribution in [0.3, 0.4) is 0 Å². The van der Waals surface area contributed by atoms with Gasteiger partial charge in [-0.3, -0.25) is 0 Å². The van der Waals surface area contributed by atoms with Crippen LogP contribution in [-0.2, 0) is 12.3 Å². The quantitative estimate of drug-likeness (QED) is 0.384. The number of hydrogen-bond acceptors (Lipinski definition) is 2. The van der Waals surface area contributed by atoms with E-state index in [0.717, 1.165) is 26.8 Å². The highest BCUT2D eigenvalue weighted by molar-refractivity contribution is 7.98. The Hall–Kier alpha value is -2.30. The van der Waals surface area contributed by atoms with Gasteiger partial charge in [-0.1, -0.05) is 65.8 Å². The fourth-order valence-corrected chi connectivity index (χ4v) is 3.97. The largest absolute Gasteiger partial charge is 0.314 e. The molecule has 0 unspecified atom stereocenters. The van der Waals surface area contributed by atoms with Gasteiger partial charge in [0.05, 0.1) is 17.6 Å². The minimum absolute atomic E-state index is 0.180. The molecule has 0 aliphatic carbocycles. The van der Waals surface area contributed by atoms with Crippen LogP contribution in [0.1, 0.15) is 11.1 Å². The lowest BCUT2D eigenvalue weighted by molar-refractivity contribution is 0.617. The third kappa shape index (κ3) is 3.62. The lowest BCUT2D eigenvalue weighted by atomic mass is 10.2. The molecule has 5 heteroatoms. The molecule has 4 aromatic rings. The van der Waals surface area contributed by atoms with Gasteiger partial charge in [0.1, 0.15) is 5.82 Å². The first-order valence-electron chi connectivity index (χ1n) is 8.26. The number of hydrogen-bond donors (Lipinski definition) is 0. The fourth-order valence-electron chi connectivity index (χ4n) is 2.85. The maximum atomic E-state index is 13.9. The zero-order valence-corrected chi connectivity index (χ0v) is 15.5. The van der Waals surface area contributed by atoms with E-state index in [1.807, 2.05) is 54.6 Å². The van der Waals surface area contributed by atoms with Gasteiger partial charge in [0.2, 0.25) is 0 Å². The molecule has 0 saturated carbocycles. The van der Waals surface area contributed by atoms with Crippen LogP contribution in [0, 0.1) is 5.82 Å². The van der Waals surface area contributed by atoms with E-state index in [1.54, 1.807) is 17.8 Å². The summed E-state index contributed by atoms with van der Waals surface area (Å²) in [7, 11) is 0. The summed E-state index contributed by atoms with van der Waals surface area (Å²) in [4.78, 5) is 4.75. The smallest absolute Gasteiger partial charge is 0.169 e. The van der Waals surface area contributed by atoms with Gasteiger partial charge in [-0.15, -0.1) is 0 Å². The molecule has 0 fully saturated rings. The molecule has 0 radical (unpaired) electrons. The minimum Gasteiger partial charge on any atom is -0.314 e. The third-order valence-electron chi connectivity index (χ3n) is 4.19. The number of halogens is 2. The second kappa shape index (κ2) is 7.52. The summed E-state index contributed by atoms with van der Waals surface area (Å²) in [5.74, 6) is 0.358. The van der Waals surface area contributed by atoms with Crippen LogP contribution in [0.5, 0.6) is 0 Å². The fraction of sp³-hybridized carbons (Fsp3) is 0.0952. The predicted octanol–water partition coefficient (Wildman–Crippen LogP) is 6.17. The number of benzene rings is 3. The summed E-state index contributed by atoms with van der Waals surface area (Å²) < 4.78 is 16.1. The standard InChI is InChI=1S/C21H16ClFN2S/c22-17-11-9-15(10-12-17)13-25-20-8-4-3-7-19(20)24-21(25)26-14-16-5-1-2-6-18(16)23/h1-12H,13-14H2. The molecule has 0 spiro atoms.